The first-order valence-corrected chi connectivity index (χ1v) is 9.07. The molecule has 0 spiro atoms. The van der Waals surface area contributed by atoms with E-state index in [0.29, 0.717) is 18.7 Å². The molecule has 0 aromatic heterocycles. The van der Waals surface area contributed by atoms with Crippen LogP contribution in [0.2, 0.25) is 0 Å². The molecular weight excluding hydrogens is 306 g/mol. The quantitative estimate of drug-likeness (QED) is 0.787. The van der Waals surface area contributed by atoms with Crippen molar-refractivity contribution in [2.24, 2.45) is 0 Å². The molecule has 124 valence electrons. The van der Waals surface area contributed by atoms with Crippen LogP contribution in [-0.2, 0) is 9.84 Å². The number of rotatable bonds is 7. The lowest BCUT2D eigenvalue weighted by molar-refractivity contribution is 0.0664. The predicted octanol–water partition coefficient (Wildman–Crippen LogP) is 0.554. The molecule has 1 heterocycles. The summed E-state index contributed by atoms with van der Waals surface area (Å²) in [7, 11) is 0.527. The molecule has 1 aliphatic heterocycles. The fraction of sp³-hybridized carbons (Fsp3) is 0.600. The summed E-state index contributed by atoms with van der Waals surface area (Å²) in [6.07, 6.45) is -0.0411. The van der Waals surface area contributed by atoms with Crippen molar-refractivity contribution in [3.8, 4) is 11.5 Å². The van der Waals surface area contributed by atoms with Crippen molar-refractivity contribution in [2.75, 3.05) is 38.8 Å². The zero-order valence-corrected chi connectivity index (χ0v) is 13.8. The molecule has 2 rings (SSSR count). The van der Waals surface area contributed by atoms with E-state index in [0.717, 1.165) is 5.75 Å². The van der Waals surface area contributed by atoms with Crippen LogP contribution in [0.4, 0.5) is 0 Å². The van der Waals surface area contributed by atoms with E-state index in [4.69, 9.17) is 9.47 Å². The highest BCUT2D eigenvalue weighted by Gasteiger charge is 2.31. The summed E-state index contributed by atoms with van der Waals surface area (Å²) in [5, 5.41) is 10.0. The van der Waals surface area contributed by atoms with Gasteiger partial charge in [-0.05, 0) is 37.7 Å². The van der Waals surface area contributed by atoms with E-state index in [-0.39, 0.29) is 24.2 Å². The number of likely N-dealkylation sites (N-methyl/N-ethyl adjacent to an activating group) is 1. The van der Waals surface area contributed by atoms with Crippen molar-refractivity contribution in [1.29, 1.82) is 0 Å². The number of methoxy groups -OCH3 is 1. The van der Waals surface area contributed by atoms with Crippen LogP contribution in [0.25, 0.3) is 0 Å². The van der Waals surface area contributed by atoms with E-state index in [1.54, 1.807) is 31.4 Å². The predicted molar refractivity (Wildman–Crippen MR) is 84.2 cm³/mol. The number of nitrogens with zero attached hydrogens (tertiary/aromatic N) is 1. The second-order valence-corrected chi connectivity index (χ2v) is 7.87. The average molecular weight is 329 g/mol. The fourth-order valence-electron chi connectivity index (χ4n) is 2.52. The third kappa shape index (κ3) is 4.86. The van der Waals surface area contributed by atoms with E-state index in [2.05, 4.69) is 0 Å². The highest BCUT2D eigenvalue weighted by Crippen LogP contribution is 2.18. The normalized spacial score (nSPS) is 21.7. The molecule has 0 bridgehead atoms. The Morgan fingerprint density at radius 1 is 1.32 bits per heavy atom. The SMILES string of the molecule is COc1ccc(OC[C@H](O)CN(C)[C@@H]2CCS(=O)(=O)C2)cc1. The van der Waals surface area contributed by atoms with Crippen molar-refractivity contribution in [3.05, 3.63) is 24.3 Å². The maximum Gasteiger partial charge on any atom is 0.151 e. The van der Waals surface area contributed by atoms with Crippen molar-refractivity contribution in [3.63, 3.8) is 0 Å². The Balaban J connectivity index is 1.76. The molecule has 2 atom stereocenters. The van der Waals surface area contributed by atoms with Gasteiger partial charge >= 0.3 is 0 Å². The first kappa shape index (κ1) is 17.1. The fourth-order valence-corrected chi connectivity index (χ4v) is 4.33. The Morgan fingerprint density at radius 3 is 2.50 bits per heavy atom. The van der Waals surface area contributed by atoms with E-state index in [1.165, 1.54) is 0 Å². The van der Waals surface area contributed by atoms with Crippen molar-refractivity contribution in [2.45, 2.75) is 18.6 Å². The molecular formula is C15H23NO5S. The van der Waals surface area contributed by atoms with Crippen LogP contribution < -0.4 is 9.47 Å². The van der Waals surface area contributed by atoms with Crippen LogP contribution in [0.5, 0.6) is 11.5 Å². The molecule has 0 radical (unpaired) electrons. The summed E-state index contributed by atoms with van der Waals surface area (Å²) in [6.45, 7) is 0.548. The molecule has 6 nitrogen and oxygen atoms in total. The zero-order chi connectivity index (χ0) is 16.2. The van der Waals surface area contributed by atoms with Crippen molar-refractivity contribution in [1.82, 2.24) is 4.90 Å². The first-order valence-electron chi connectivity index (χ1n) is 7.25. The van der Waals surface area contributed by atoms with Gasteiger partial charge in [-0.25, -0.2) is 8.42 Å². The molecule has 1 aliphatic rings. The van der Waals surface area contributed by atoms with Gasteiger partial charge in [0, 0.05) is 12.6 Å². The Kier molecular flexibility index (Phi) is 5.66. The highest BCUT2D eigenvalue weighted by molar-refractivity contribution is 7.91. The van der Waals surface area contributed by atoms with E-state index < -0.39 is 15.9 Å². The lowest BCUT2D eigenvalue weighted by Gasteiger charge is -2.25. The number of hydrogen-bond donors (Lipinski definition) is 1. The Bertz CT molecular complexity index is 572. The van der Waals surface area contributed by atoms with Crippen LogP contribution >= 0.6 is 0 Å². The van der Waals surface area contributed by atoms with Gasteiger partial charge < -0.3 is 14.6 Å². The van der Waals surface area contributed by atoms with Crippen LogP contribution in [0.3, 0.4) is 0 Å². The molecule has 1 aromatic rings. The Labute approximate surface area is 131 Å². The van der Waals surface area contributed by atoms with E-state index >= 15 is 0 Å². The van der Waals surface area contributed by atoms with Gasteiger partial charge in [0.2, 0.25) is 0 Å². The molecule has 0 saturated carbocycles. The summed E-state index contributed by atoms with van der Waals surface area (Å²) >= 11 is 0. The third-order valence-electron chi connectivity index (χ3n) is 3.83. The van der Waals surface area contributed by atoms with Gasteiger partial charge in [0.15, 0.2) is 9.84 Å². The van der Waals surface area contributed by atoms with Crippen LogP contribution in [-0.4, -0.2) is 69.4 Å². The van der Waals surface area contributed by atoms with Crippen molar-refractivity contribution >= 4 is 9.84 Å². The number of aliphatic hydroxyl groups excluding tert-OH is 1. The van der Waals surface area contributed by atoms with Gasteiger partial charge in [-0.2, -0.15) is 0 Å². The van der Waals surface area contributed by atoms with Gasteiger partial charge in [0.25, 0.3) is 0 Å². The summed E-state index contributed by atoms with van der Waals surface area (Å²) in [4.78, 5) is 1.90. The number of hydrogen-bond acceptors (Lipinski definition) is 6. The Morgan fingerprint density at radius 2 is 1.95 bits per heavy atom. The number of sulfone groups is 1. The summed E-state index contributed by atoms with van der Waals surface area (Å²) in [5.74, 6) is 1.82. The minimum Gasteiger partial charge on any atom is -0.497 e. The molecule has 22 heavy (non-hydrogen) atoms. The topological polar surface area (TPSA) is 76.1 Å². The highest BCUT2D eigenvalue weighted by atomic mass is 32.2. The minimum absolute atomic E-state index is 0.0133. The molecule has 0 unspecified atom stereocenters. The summed E-state index contributed by atoms with van der Waals surface area (Å²) in [5.41, 5.74) is 0. The van der Waals surface area contributed by atoms with Gasteiger partial charge in [-0.1, -0.05) is 0 Å². The Hall–Kier alpha value is -1.31. The number of ether oxygens (including phenoxy) is 2. The summed E-state index contributed by atoms with van der Waals surface area (Å²) < 4.78 is 33.5. The van der Waals surface area contributed by atoms with E-state index in [9.17, 15) is 13.5 Å². The lowest BCUT2D eigenvalue weighted by Crippen LogP contribution is -2.40. The molecule has 1 fully saturated rings. The van der Waals surface area contributed by atoms with Gasteiger partial charge in [0.05, 0.1) is 18.6 Å². The second-order valence-electron chi connectivity index (χ2n) is 5.64. The summed E-state index contributed by atoms with van der Waals surface area (Å²) in [6, 6.07) is 7.12. The average Bonchev–Trinajstić information content (AvgIpc) is 2.86. The lowest BCUT2D eigenvalue weighted by atomic mass is 10.2. The first-order chi connectivity index (χ1) is 10.4. The largest absolute Gasteiger partial charge is 0.497 e. The minimum atomic E-state index is -2.90. The standard InChI is InChI=1S/C15H23NO5S/c1-16(12-7-8-22(18,19)11-12)9-13(17)10-21-15-5-3-14(20-2)4-6-15/h3-6,12-13,17H,7-11H2,1-2H3/t12-,13-/m1/s1. The maximum absolute atomic E-state index is 11.5. The smallest absolute Gasteiger partial charge is 0.151 e. The van der Waals surface area contributed by atoms with Gasteiger partial charge in [0.1, 0.15) is 24.2 Å². The molecule has 1 saturated heterocycles. The number of aliphatic hydroxyl groups is 1. The second kappa shape index (κ2) is 7.30. The zero-order valence-electron chi connectivity index (χ0n) is 12.9. The molecule has 7 heteroatoms. The van der Waals surface area contributed by atoms with Gasteiger partial charge in [-0.3, -0.25) is 4.90 Å². The van der Waals surface area contributed by atoms with Crippen LogP contribution in [0.1, 0.15) is 6.42 Å². The van der Waals surface area contributed by atoms with Crippen LogP contribution in [0.15, 0.2) is 24.3 Å². The van der Waals surface area contributed by atoms with E-state index in [1.807, 2.05) is 11.9 Å². The number of benzene rings is 1. The molecule has 1 N–H and O–H groups in total. The van der Waals surface area contributed by atoms with Crippen LogP contribution in [0, 0.1) is 0 Å². The monoisotopic (exact) mass is 329 g/mol. The molecule has 1 aromatic carbocycles. The molecule has 0 aliphatic carbocycles. The maximum atomic E-state index is 11.5. The van der Waals surface area contributed by atoms with Crippen molar-refractivity contribution < 1.29 is 23.0 Å². The van der Waals surface area contributed by atoms with Gasteiger partial charge in [-0.15, -0.1) is 0 Å². The third-order valence-corrected chi connectivity index (χ3v) is 5.58. The molecule has 0 amide bonds.